The molecule has 3 heterocycles. The Balaban J connectivity index is 1.85. The van der Waals surface area contributed by atoms with Gasteiger partial charge in [-0.1, -0.05) is 50.2 Å². The summed E-state index contributed by atoms with van der Waals surface area (Å²) in [5, 5.41) is 1.08. The van der Waals surface area contributed by atoms with E-state index < -0.39 is 5.56 Å². The van der Waals surface area contributed by atoms with Gasteiger partial charge in [-0.05, 0) is 42.7 Å². The number of piperazine rings is 1. The van der Waals surface area contributed by atoms with Crippen molar-refractivity contribution in [2.24, 2.45) is 0 Å². The third kappa shape index (κ3) is 4.92. The Morgan fingerprint density at radius 2 is 1.93 bits per heavy atom. The highest BCUT2D eigenvalue weighted by Crippen LogP contribution is 2.42. The van der Waals surface area contributed by atoms with Crippen molar-refractivity contribution in [3.63, 3.8) is 0 Å². The van der Waals surface area contributed by atoms with Crippen LogP contribution in [0.5, 0.6) is 0 Å². The number of nitrogens with two attached hydrogens (primary N) is 1. The lowest BCUT2D eigenvalue weighted by atomic mass is 9.99. The third-order valence-electron chi connectivity index (χ3n) is 7.51. The van der Waals surface area contributed by atoms with Crippen LogP contribution >= 0.6 is 11.6 Å². The second-order valence-corrected chi connectivity index (χ2v) is 10.8. The van der Waals surface area contributed by atoms with Crippen molar-refractivity contribution in [1.82, 2.24) is 19.4 Å². The molecule has 1 aliphatic heterocycles. The van der Waals surface area contributed by atoms with Crippen LogP contribution in [-0.2, 0) is 4.79 Å². The minimum absolute atomic E-state index is 0.00559. The van der Waals surface area contributed by atoms with E-state index in [0.717, 1.165) is 5.56 Å². The summed E-state index contributed by atoms with van der Waals surface area (Å²) in [5.74, 6) is 0.114. The predicted octanol–water partition coefficient (Wildman–Crippen LogP) is 5.58. The van der Waals surface area contributed by atoms with Crippen LogP contribution in [0, 0.1) is 6.57 Å². The van der Waals surface area contributed by atoms with E-state index in [1.807, 2.05) is 42.2 Å². The lowest BCUT2D eigenvalue weighted by molar-refractivity contribution is -0.126. The van der Waals surface area contributed by atoms with E-state index in [9.17, 15) is 9.59 Å². The standard InChI is InChI=1S/C31H30ClN7O2/c1-6-27(40)37-11-12-38(19(4)17-37)29-23-13-24(32)22(20-15-35-31(33)36-16-20)14-26(23)39(30(41)28(29)34-5)25-10-8-7-9-21(25)18(2)3/h6-10,13-16,18-19H,1,11-12,17H2,2-4H3,(H2,33,35,36)/t19-/m0/s1. The fraction of sp³-hybridized carbons (Fsp3) is 0.258. The number of benzene rings is 2. The molecule has 208 valence electrons. The maximum Gasteiger partial charge on any atom is 0.274 e. The summed E-state index contributed by atoms with van der Waals surface area (Å²) < 4.78 is 1.61. The molecule has 1 atom stereocenters. The molecule has 10 heteroatoms. The van der Waals surface area contributed by atoms with Gasteiger partial charge in [0, 0.05) is 59.6 Å². The summed E-state index contributed by atoms with van der Waals surface area (Å²) in [6.07, 6.45) is 4.48. The number of nitrogens with zero attached hydrogens (tertiary/aromatic N) is 6. The number of amides is 1. The molecule has 41 heavy (non-hydrogen) atoms. The summed E-state index contributed by atoms with van der Waals surface area (Å²) in [7, 11) is 0. The first-order valence-electron chi connectivity index (χ1n) is 13.3. The first-order chi connectivity index (χ1) is 19.7. The number of hydrogen-bond donors (Lipinski definition) is 1. The second-order valence-electron chi connectivity index (χ2n) is 10.4. The van der Waals surface area contributed by atoms with Gasteiger partial charge in [0.2, 0.25) is 11.9 Å². The normalized spacial score (nSPS) is 15.3. The number of nitrogen functional groups attached to an aromatic ring is 1. The van der Waals surface area contributed by atoms with Crippen molar-refractivity contribution in [1.29, 1.82) is 0 Å². The van der Waals surface area contributed by atoms with Gasteiger partial charge >= 0.3 is 0 Å². The number of hydrogen-bond acceptors (Lipinski definition) is 6. The van der Waals surface area contributed by atoms with Gasteiger partial charge in [0.25, 0.3) is 11.2 Å². The molecule has 0 saturated carbocycles. The topological polar surface area (TPSA) is 102 Å². The zero-order chi connectivity index (χ0) is 29.4. The van der Waals surface area contributed by atoms with Gasteiger partial charge in [0.1, 0.15) is 0 Å². The Morgan fingerprint density at radius 1 is 1.22 bits per heavy atom. The highest BCUT2D eigenvalue weighted by molar-refractivity contribution is 6.34. The number of rotatable bonds is 5. The molecule has 0 aliphatic carbocycles. The molecule has 2 N–H and O–H groups in total. The maximum absolute atomic E-state index is 14.3. The number of anilines is 2. The quantitative estimate of drug-likeness (QED) is 0.249. The third-order valence-corrected chi connectivity index (χ3v) is 7.82. The number of carbonyl (C=O) groups excluding carboxylic acids is 1. The number of aromatic nitrogens is 3. The molecular weight excluding hydrogens is 538 g/mol. The molecule has 0 bridgehead atoms. The van der Waals surface area contributed by atoms with Crippen LogP contribution in [0.25, 0.3) is 32.6 Å². The summed E-state index contributed by atoms with van der Waals surface area (Å²) >= 11 is 6.89. The average Bonchev–Trinajstić information content (AvgIpc) is 2.96. The Bertz CT molecular complexity index is 1770. The predicted molar refractivity (Wildman–Crippen MR) is 164 cm³/mol. The van der Waals surface area contributed by atoms with Gasteiger partial charge in [-0.2, -0.15) is 0 Å². The second kappa shape index (κ2) is 11.1. The van der Waals surface area contributed by atoms with E-state index in [-0.39, 0.29) is 29.5 Å². The van der Waals surface area contributed by atoms with E-state index in [2.05, 4.69) is 35.2 Å². The molecule has 2 aromatic heterocycles. The number of pyridine rings is 1. The number of para-hydroxylation sites is 1. The monoisotopic (exact) mass is 567 g/mol. The largest absolute Gasteiger partial charge is 0.373 e. The van der Waals surface area contributed by atoms with Crippen LogP contribution < -0.4 is 16.2 Å². The van der Waals surface area contributed by atoms with Crippen LogP contribution in [0.2, 0.25) is 5.02 Å². The first-order valence-corrected chi connectivity index (χ1v) is 13.7. The summed E-state index contributed by atoms with van der Waals surface area (Å²) in [5.41, 5.74) is 9.35. The van der Waals surface area contributed by atoms with Crippen LogP contribution in [-0.4, -0.2) is 51.0 Å². The van der Waals surface area contributed by atoms with Gasteiger partial charge in [0.05, 0.1) is 23.5 Å². The first kappa shape index (κ1) is 27.9. The van der Waals surface area contributed by atoms with Gasteiger partial charge < -0.3 is 15.5 Å². The fourth-order valence-electron chi connectivity index (χ4n) is 5.51. The van der Waals surface area contributed by atoms with E-state index in [1.54, 1.807) is 27.9 Å². The molecule has 5 rings (SSSR count). The molecule has 1 saturated heterocycles. The van der Waals surface area contributed by atoms with E-state index in [0.29, 0.717) is 58.1 Å². The molecule has 1 amide bonds. The number of halogens is 1. The van der Waals surface area contributed by atoms with Crippen molar-refractivity contribution >= 4 is 45.7 Å². The smallest absolute Gasteiger partial charge is 0.274 e. The van der Waals surface area contributed by atoms with Gasteiger partial charge in [0.15, 0.2) is 0 Å². The summed E-state index contributed by atoms with van der Waals surface area (Å²) in [6, 6.07) is 11.2. The zero-order valence-corrected chi connectivity index (χ0v) is 23.9. The summed E-state index contributed by atoms with van der Waals surface area (Å²) in [4.78, 5) is 42.4. The molecular formula is C31H30ClN7O2. The van der Waals surface area contributed by atoms with Gasteiger partial charge in [-0.3, -0.25) is 14.2 Å². The van der Waals surface area contributed by atoms with E-state index >= 15 is 0 Å². The average molecular weight is 568 g/mol. The number of fused-ring (bicyclic) bond motifs is 1. The SMILES string of the molecule is [C-]#[N+]c1c(N2CCN(C(=O)C=C)C[C@@H]2C)c2cc(Cl)c(-c3cnc(N)nc3)cc2n(-c2ccccc2C(C)C)c1=O. The van der Waals surface area contributed by atoms with E-state index in [1.165, 1.54) is 6.08 Å². The molecule has 9 nitrogen and oxygen atoms in total. The van der Waals surface area contributed by atoms with Crippen molar-refractivity contribution in [3.8, 4) is 16.8 Å². The molecule has 1 aliphatic rings. The van der Waals surface area contributed by atoms with Crippen molar-refractivity contribution < 1.29 is 4.79 Å². The molecule has 2 aromatic carbocycles. The highest BCUT2D eigenvalue weighted by atomic mass is 35.5. The number of carbonyl (C=O) groups is 1. The van der Waals surface area contributed by atoms with Crippen LogP contribution in [0.1, 0.15) is 32.3 Å². The van der Waals surface area contributed by atoms with E-state index in [4.69, 9.17) is 23.9 Å². The Hall–Kier alpha value is -4.68. The molecule has 1 fully saturated rings. The van der Waals surface area contributed by atoms with Crippen LogP contribution in [0.4, 0.5) is 17.3 Å². The Kier molecular flexibility index (Phi) is 7.52. The van der Waals surface area contributed by atoms with Gasteiger partial charge in [-0.15, -0.1) is 0 Å². The minimum Gasteiger partial charge on any atom is -0.373 e. The zero-order valence-electron chi connectivity index (χ0n) is 23.1. The summed E-state index contributed by atoms with van der Waals surface area (Å²) in [6.45, 7) is 19.1. The Labute approximate surface area is 243 Å². The highest BCUT2D eigenvalue weighted by Gasteiger charge is 2.31. The van der Waals surface area contributed by atoms with Crippen molar-refractivity contribution in [2.45, 2.75) is 32.7 Å². The fourth-order valence-corrected chi connectivity index (χ4v) is 5.78. The minimum atomic E-state index is -0.422. The molecule has 0 spiro atoms. The van der Waals surface area contributed by atoms with Crippen LogP contribution in [0.3, 0.4) is 0 Å². The van der Waals surface area contributed by atoms with Gasteiger partial charge in [-0.25, -0.2) is 14.8 Å². The lowest BCUT2D eigenvalue weighted by Gasteiger charge is -2.42. The van der Waals surface area contributed by atoms with Crippen molar-refractivity contribution in [2.75, 3.05) is 30.3 Å². The van der Waals surface area contributed by atoms with Crippen LogP contribution in [0.15, 0.2) is 66.2 Å². The Morgan fingerprint density at radius 3 is 2.56 bits per heavy atom. The molecule has 0 unspecified atom stereocenters. The lowest BCUT2D eigenvalue weighted by Crippen LogP contribution is -2.53. The maximum atomic E-state index is 14.3. The molecule has 0 radical (unpaired) electrons. The van der Waals surface area contributed by atoms with Crippen molar-refractivity contribution in [3.05, 3.63) is 93.8 Å². The molecule has 4 aromatic rings.